The Hall–Kier alpha value is -2.05. The summed E-state index contributed by atoms with van der Waals surface area (Å²) in [6.07, 6.45) is 3.14. The van der Waals surface area contributed by atoms with Crippen molar-refractivity contribution in [2.24, 2.45) is 5.92 Å². The molecule has 3 heteroatoms. The lowest BCUT2D eigenvalue weighted by molar-refractivity contribution is 0.441. The molecule has 2 N–H and O–H groups in total. The Morgan fingerprint density at radius 1 is 1.20 bits per heavy atom. The summed E-state index contributed by atoms with van der Waals surface area (Å²) in [5, 5.41) is 24.9. The first-order valence-electron chi connectivity index (χ1n) is 7.12. The van der Waals surface area contributed by atoms with Crippen LogP contribution in [-0.2, 0) is 6.54 Å². The van der Waals surface area contributed by atoms with E-state index in [9.17, 15) is 5.11 Å². The molecule has 3 nitrogen and oxygen atoms in total. The fraction of sp³-hybridized carbons (Fsp3) is 0.353. The minimum absolute atomic E-state index is 0.104. The van der Waals surface area contributed by atoms with Crippen LogP contribution in [0.2, 0.25) is 0 Å². The molecule has 0 aromatic heterocycles. The Bertz CT molecular complexity index is 660. The van der Waals surface area contributed by atoms with Crippen molar-refractivity contribution in [3.8, 4) is 11.8 Å². The lowest BCUT2D eigenvalue weighted by Gasteiger charge is -2.17. The summed E-state index contributed by atoms with van der Waals surface area (Å²) >= 11 is 0. The molecule has 20 heavy (non-hydrogen) atoms. The van der Waals surface area contributed by atoms with Crippen molar-refractivity contribution < 1.29 is 5.11 Å². The minimum Gasteiger partial charge on any atom is -0.508 e. The molecule has 1 fully saturated rings. The van der Waals surface area contributed by atoms with E-state index in [2.05, 4.69) is 11.4 Å². The topological polar surface area (TPSA) is 56.0 Å². The molecule has 102 valence electrons. The van der Waals surface area contributed by atoms with Gasteiger partial charge in [-0.1, -0.05) is 36.8 Å². The van der Waals surface area contributed by atoms with Crippen LogP contribution in [0.5, 0.6) is 5.75 Å². The highest BCUT2D eigenvalue weighted by atomic mass is 16.3. The molecule has 0 spiro atoms. The molecule has 0 saturated heterocycles. The zero-order valence-corrected chi connectivity index (χ0v) is 11.3. The van der Waals surface area contributed by atoms with Gasteiger partial charge in [-0.3, -0.25) is 0 Å². The van der Waals surface area contributed by atoms with Crippen molar-refractivity contribution in [1.29, 1.82) is 5.26 Å². The van der Waals surface area contributed by atoms with Crippen LogP contribution in [0.15, 0.2) is 36.4 Å². The molecule has 0 bridgehead atoms. The van der Waals surface area contributed by atoms with Gasteiger partial charge in [-0.2, -0.15) is 5.26 Å². The van der Waals surface area contributed by atoms with Gasteiger partial charge in [0.2, 0.25) is 0 Å². The van der Waals surface area contributed by atoms with E-state index >= 15 is 0 Å². The molecule has 2 aromatic carbocycles. The molecule has 2 unspecified atom stereocenters. The maximum Gasteiger partial charge on any atom is 0.120 e. The third-order valence-corrected chi connectivity index (χ3v) is 4.24. The van der Waals surface area contributed by atoms with E-state index in [-0.39, 0.29) is 12.0 Å². The Kier molecular flexibility index (Phi) is 3.58. The van der Waals surface area contributed by atoms with Gasteiger partial charge in [-0.25, -0.2) is 0 Å². The van der Waals surface area contributed by atoms with E-state index in [1.165, 1.54) is 0 Å². The predicted octanol–water partition coefficient (Wildman–Crippen LogP) is 3.33. The quantitative estimate of drug-likeness (QED) is 0.896. The number of nitrogens with one attached hydrogen (secondary N) is 1. The monoisotopic (exact) mass is 266 g/mol. The molecule has 2 aromatic rings. The van der Waals surface area contributed by atoms with Gasteiger partial charge in [0.05, 0.1) is 12.0 Å². The number of hydrogen-bond donors (Lipinski definition) is 2. The number of nitrogens with zero attached hydrogens (tertiary/aromatic N) is 1. The van der Waals surface area contributed by atoms with Gasteiger partial charge >= 0.3 is 0 Å². The van der Waals surface area contributed by atoms with Crippen LogP contribution in [0.1, 0.15) is 24.8 Å². The van der Waals surface area contributed by atoms with Crippen molar-refractivity contribution in [3.63, 3.8) is 0 Å². The Morgan fingerprint density at radius 3 is 2.90 bits per heavy atom. The average molecular weight is 266 g/mol. The predicted molar refractivity (Wildman–Crippen MR) is 79.2 cm³/mol. The second-order valence-corrected chi connectivity index (χ2v) is 5.44. The van der Waals surface area contributed by atoms with Crippen LogP contribution in [0.3, 0.4) is 0 Å². The van der Waals surface area contributed by atoms with Crippen LogP contribution < -0.4 is 5.32 Å². The number of phenols is 1. The minimum atomic E-state index is 0.104. The number of aromatic hydroxyl groups is 1. The van der Waals surface area contributed by atoms with E-state index in [4.69, 9.17) is 5.26 Å². The molecule has 0 amide bonds. The fourth-order valence-electron chi connectivity index (χ4n) is 3.10. The number of rotatable bonds is 3. The van der Waals surface area contributed by atoms with Crippen LogP contribution in [0.4, 0.5) is 0 Å². The largest absolute Gasteiger partial charge is 0.508 e. The highest BCUT2D eigenvalue weighted by Crippen LogP contribution is 2.29. The summed E-state index contributed by atoms with van der Waals surface area (Å²) in [6.45, 7) is 0.607. The van der Waals surface area contributed by atoms with E-state index in [1.54, 1.807) is 6.07 Å². The molecular weight excluding hydrogens is 248 g/mol. The molecular formula is C17H18N2O. The zero-order chi connectivity index (χ0) is 13.9. The first kappa shape index (κ1) is 13.0. The Labute approximate surface area is 118 Å². The molecule has 1 aliphatic rings. The van der Waals surface area contributed by atoms with Crippen molar-refractivity contribution in [2.75, 3.05) is 0 Å². The average Bonchev–Trinajstić information content (AvgIpc) is 2.94. The Morgan fingerprint density at radius 2 is 2.05 bits per heavy atom. The molecule has 3 rings (SSSR count). The maximum atomic E-state index is 10.1. The lowest BCUT2D eigenvalue weighted by atomic mass is 10.0. The third kappa shape index (κ3) is 2.35. The van der Waals surface area contributed by atoms with E-state index in [0.717, 1.165) is 35.6 Å². The zero-order valence-electron chi connectivity index (χ0n) is 11.3. The number of benzene rings is 2. The van der Waals surface area contributed by atoms with Gasteiger partial charge in [-0.05, 0) is 29.7 Å². The second kappa shape index (κ2) is 5.52. The number of hydrogen-bond acceptors (Lipinski definition) is 3. The highest BCUT2D eigenvalue weighted by molar-refractivity contribution is 5.87. The molecule has 0 aliphatic heterocycles. The summed E-state index contributed by atoms with van der Waals surface area (Å²) in [5.74, 6) is 0.426. The standard InChI is InChI=1S/C17H18N2O/c18-10-13-5-3-7-16(13)19-11-15-14-6-2-1-4-12(14)8-9-17(15)20/h1-2,4,6,8-9,13,16,19-20H,3,5,7,11H2. The summed E-state index contributed by atoms with van der Waals surface area (Å²) in [5.41, 5.74) is 0.923. The van der Waals surface area contributed by atoms with Crippen LogP contribution in [0.25, 0.3) is 10.8 Å². The van der Waals surface area contributed by atoms with Crippen LogP contribution >= 0.6 is 0 Å². The van der Waals surface area contributed by atoms with Gasteiger partial charge < -0.3 is 10.4 Å². The van der Waals surface area contributed by atoms with Gasteiger partial charge in [0.1, 0.15) is 5.75 Å². The Balaban J connectivity index is 1.84. The smallest absolute Gasteiger partial charge is 0.120 e. The molecule has 1 saturated carbocycles. The molecule has 2 atom stereocenters. The highest BCUT2D eigenvalue weighted by Gasteiger charge is 2.26. The molecule has 0 radical (unpaired) electrons. The van der Waals surface area contributed by atoms with Crippen LogP contribution in [0, 0.1) is 17.2 Å². The van der Waals surface area contributed by atoms with Gasteiger partial charge in [0.15, 0.2) is 0 Å². The first-order valence-corrected chi connectivity index (χ1v) is 7.12. The third-order valence-electron chi connectivity index (χ3n) is 4.24. The number of phenolic OH excluding ortho intramolecular Hbond substituents is 1. The normalized spacial score (nSPS) is 21.9. The number of nitriles is 1. The van der Waals surface area contributed by atoms with Crippen LogP contribution in [-0.4, -0.2) is 11.1 Å². The SMILES string of the molecule is N#CC1CCCC1NCc1c(O)ccc2ccccc12. The van der Waals surface area contributed by atoms with Crippen molar-refractivity contribution in [1.82, 2.24) is 5.32 Å². The van der Waals surface area contributed by atoms with Gasteiger partial charge in [0, 0.05) is 18.2 Å². The van der Waals surface area contributed by atoms with Crippen molar-refractivity contribution in [3.05, 3.63) is 42.0 Å². The summed E-state index contributed by atoms with van der Waals surface area (Å²) < 4.78 is 0. The summed E-state index contributed by atoms with van der Waals surface area (Å²) in [6, 6.07) is 14.4. The molecule has 0 heterocycles. The fourth-order valence-corrected chi connectivity index (χ4v) is 3.10. The first-order chi connectivity index (χ1) is 9.79. The van der Waals surface area contributed by atoms with E-state index < -0.39 is 0 Å². The number of fused-ring (bicyclic) bond motifs is 1. The maximum absolute atomic E-state index is 10.1. The van der Waals surface area contributed by atoms with E-state index in [0.29, 0.717) is 12.3 Å². The summed E-state index contributed by atoms with van der Waals surface area (Å²) in [7, 11) is 0. The van der Waals surface area contributed by atoms with Crippen molar-refractivity contribution in [2.45, 2.75) is 31.8 Å². The lowest BCUT2D eigenvalue weighted by Crippen LogP contribution is -2.31. The summed E-state index contributed by atoms with van der Waals surface area (Å²) in [4.78, 5) is 0. The molecule has 1 aliphatic carbocycles. The van der Waals surface area contributed by atoms with Gasteiger partial charge in [0.25, 0.3) is 0 Å². The van der Waals surface area contributed by atoms with E-state index in [1.807, 2.05) is 30.3 Å². The van der Waals surface area contributed by atoms with Crippen molar-refractivity contribution >= 4 is 10.8 Å². The van der Waals surface area contributed by atoms with Gasteiger partial charge in [-0.15, -0.1) is 0 Å². The second-order valence-electron chi connectivity index (χ2n) is 5.44.